The molecule has 8 nitrogen and oxygen atoms in total. The minimum atomic E-state index is -1.12. The second kappa shape index (κ2) is 9.73. The molecule has 1 aromatic rings. The number of esters is 1. The molecule has 162 valence electrons. The summed E-state index contributed by atoms with van der Waals surface area (Å²) in [6.45, 7) is 4.13. The lowest BCUT2D eigenvalue weighted by molar-refractivity contribution is -0.162. The van der Waals surface area contributed by atoms with Gasteiger partial charge in [-0.05, 0) is 44.7 Å². The summed E-state index contributed by atoms with van der Waals surface area (Å²) in [5, 5.41) is 4.59. The van der Waals surface area contributed by atoms with Crippen LogP contribution >= 0.6 is 0 Å². The molecule has 3 atom stereocenters. The van der Waals surface area contributed by atoms with Crippen molar-refractivity contribution in [2.45, 2.75) is 52.1 Å². The Morgan fingerprint density at radius 3 is 2.57 bits per heavy atom. The Morgan fingerprint density at radius 1 is 1.13 bits per heavy atom. The summed E-state index contributed by atoms with van der Waals surface area (Å²) >= 11 is 0. The van der Waals surface area contributed by atoms with Gasteiger partial charge in [0.2, 0.25) is 5.91 Å². The Bertz CT molecular complexity index is 825. The van der Waals surface area contributed by atoms with Crippen LogP contribution in [0.25, 0.3) is 0 Å². The van der Waals surface area contributed by atoms with E-state index in [1.807, 2.05) is 24.3 Å². The van der Waals surface area contributed by atoms with Crippen molar-refractivity contribution < 1.29 is 23.9 Å². The minimum Gasteiger partial charge on any atom is -0.452 e. The second-order valence-electron chi connectivity index (χ2n) is 7.79. The molecule has 1 aromatic carbocycles. The zero-order chi connectivity index (χ0) is 21.7. The van der Waals surface area contributed by atoms with Crippen LogP contribution in [-0.4, -0.2) is 43.0 Å². The maximum atomic E-state index is 13.3. The number of hydrogen-bond donors (Lipinski definition) is 2. The summed E-state index contributed by atoms with van der Waals surface area (Å²) in [7, 11) is 0. The van der Waals surface area contributed by atoms with Crippen LogP contribution in [0.15, 0.2) is 24.3 Å². The molecule has 2 N–H and O–H groups in total. The monoisotopic (exact) mass is 415 g/mol. The molecular formula is C22H29N3O5. The standard InChI is InChI=1S/C22H29N3O5/c1-3-23-22(29)24-19(26)14(2)30-21(28)17-10-6-5-9-16(17)20(27)25-13-12-15-8-4-7-11-18(15)25/h4,7-8,11,14,16-17H,3,5-6,9-10,12-13H2,1-2H3,(H2,23,24,26,29). The average molecular weight is 415 g/mol. The van der Waals surface area contributed by atoms with E-state index in [1.165, 1.54) is 6.92 Å². The predicted octanol–water partition coefficient (Wildman–Crippen LogP) is 2.16. The van der Waals surface area contributed by atoms with Crippen molar-refractivity contribution in [3.8, 4) is 0 Å². The quantitative estimate of drug-likeness (QED) is 0.717. The molecule has 4 amide bonds. The van der Waals surface area contributed by atoms with E-state index in [9.17, 15) is 19.2 Å². The number of rotatable bonds is 5. The van der Waals surface area contributed by atoms with Gasteiger partial charge in [-0.3, -0.25) is 19.7 Å². The van der Waals surface area contributed by atoms with E-state index in [4.69, 9.17) is 4.74 Å². The number of fused-ring (bicyclic) bond motifs is 1. The number of hydrogen-bond acceptors (Lipinski definition) is 5. The lowest BCUT2D eigenvalue weighted by Crippen LogP contribution is -2.46. The number of amides is 4. The number of anilines is 1. The van der Waals surface area contributed by atoms with E-state index in [0.717, 1.165) is 30.5 Å². The Kier molecular flexibility index (Phi) is 7.07. The van der Waals surface area contributed by atoms with Crippen molar-refractivity contribution in [1.82, 2.24) is 10.6 Å². The highest BCUT2D eigenvalue weighted by molar-refractivity contribution is 6.00. The molecule has 2 aliphatic rings. The fraction of sp³-hybridized carbons (Fsp3) is 0.545. The molecule has 1 heterocycles. The highest BCUT2D eigenvalue weighted by Gasteiger charge is 2.41. The molecule has 30 heavy (non-hydrogen) atoms. The van der Waals surface area contributed by atoms with Crippen LogP contribution in [0.1, 0.15) is 45.1 Å². The van der Waals surface area contributed by atoms with Crippen molar-refractivity contribution in [2.75, 3.05) is 18.0 Å². The van der Waals surface area contributed by atoms with Crippen molar-refractivity contribution in [2.24, 2.45) is 11.8 Å². The molecule has 1 fully saturated rings. The van der Waals surface area contributed by atoms with Crippen LogP contribution in [0.2, 0.25) is 0 Å². The van der Waals surface area contributed by atoms with Gasteiger partial charge in [0.15, 0.2) is 6.10 Å². The van der Waals surface area contributed by atoms with E-state index in [0.29, 0.717) is 25.9 Å². The number of imide groups is 1. The molecule has 8 heteroatoms. The van der Waals surface area contributed by atoms with E-state index in [1.54, 1.807) is 11.8 Å². The van der Waals surface area contributed by atoms with Gasteiger partial charge in [-0.1, -0.05) is 31.0 Å². The van der Waals surface area contributed by atoms with Crippen molar-refractivity contribution in [3.05, 3.63) is 29.8 Å². The summed E-state index contributed by atoms with van der Waals surface area (Å²) < 4.78 is 5.34. The molecule has 1 aliphatic heterocycles. The molecule has 1 aliphatic carbocycles. The number of para-hydroxylation sites is 1. The first kappa shape index (κ1) is 21.8. The van der Waals surface area contributed by atoms with Gasteiger partial charge in [-0.2, -0.15) is 0 Å². The first-order valence-electron chi connectivity index (χ1n) is 10.6. The fourth-order valence-corrected chi connectivity index (χ4v) is 4.21. The van der Waals surface area contributed by atoms with Crippen LogP contribution in [0.3, 0.4) is 0 Å². The highest BCUT2D eigenvalue weighted by Crippen LogP contribution is 2.36. The molecule has 3 rings (SSSR count). The molecule has 1 saturated carbocycles. The highest BCUT2D eigenvalue weighted by atomic mass is 16.5. The van der Waals surface area contributed by atoms with Crippen LogP contribution in [0.5, 0.6) is 0 Å². The third-order valence-corrected chi connectivity index (χ3v) is 5.78. The normalized spacial score (nSPS) is 21.3. The van der Waals surface area contributed by atoms with Crippen LogP contribution in [0.4, 0.5) is 10.5 Å². The van der Waals surface area contributed by atoms with E-state index in [-0.39, 0.29) is 5.91 Å². The average Bonchev–Trinajstić information content (AvgIpc) is 3.17. The number of carbonyl (C=O) groups is 4. The summed E-state index contributed by atoms with van der Waals surface area (Å²) in [6.07, 6.45) is 2.57. The first-order valence-corrected chi connectivity index (χ1v) is 10.6. The summed E-state index contributed by atoms with van der Waals surface area (Å²) in [5.41, 5.74) is 2.05. The van der Waals surface area contributed by atoms with Crippen LogP contribution < -0.4 is 15.5 Å². The van der Waals surface area contributed by atoms with Gasteiger partial charge in [0.1, 0.15) is 0 Å². The number of nitrogens with zero attached hydrogens (tertiary/aromatic N) is 1. The number of carbonyl (C=O) groups excluding carboxylic acids is 4. The fourth-order valence-electron chi connectivity index (χ4n) is 4.21. The molecule has 0 spiro atoms. The summed E-state index contributed by atoms with van der Waals surface area (Å²) in [5.74, 6) is -2.35. The minimum absolute atomic E-state index is 0.0546. The Labute approximate surface area is 176 Å². The Balaban J connectivity index is 1.65. The first-order chi connectivity index (χ1) is 14.4. The Morgan fingerprint density at radius 2 is 1.83 bits per heavy atom. The lowest BCUT2D eigenvalue weighted by Gasteiger charge is -2.32. The predicted molar refractivity (Wildman–Crippen MR) is 111 cm³/mol. The second-order valence-corrected chi connectivity index (χ2v) is 7.79. The molecule has 0 bridgehead atoms. The zero-order valence-corrected chi connectivity index (χ0v) is 17.5. The van der Waals surface area contributed by atoms with Gasteiger partial charge < -0.3 is 15.0 Å². The van der Waals surface area contributed by atoms with Crippen molar-refractivity contribution in [3.63, 3.8) is 0 Å². The Hall–Kier alpha value is -2.90. The van der Waals surface area contributed by atoms with Gasteiger partial charge in [-0.15, -0.1) is 0 Å². The molecule has 3 unspecified atom stereocenters. The summed E-state index contributed by atoms with van der Waals surface area (Å²) in [4.78, 5) is 51.5. The molecule has 0 radical (unpaired) electrons. The smallest absolute Gasteiger partial charge is 0.321 e. The largest absolute Gasteiger partial charge is 0.452 e. The van der Waals surface area contributed by atoms with E-state index >= 15 is 0 Å². The maximum Gasteiger partial charge on any atom is 0.321 e. The van der Waals surface area contributed by atoms with Crippen molar-refractivity contribution in [1.29, 1.82) is 0 Å². The summed E-state index contributed by atoms with van der Waals surface area (Å²) in [6, 6.07) is 7.19. The van der Waals surface area contributed by atoms with Crippen molar-refractivity contribution >= 4 is 29.5 Å². The van der Waals surface area contributed by atoms with Crippen LogP contribution in [-0.2, 0) is 25.5 Å². The zero-order valence-electron chi connectivity index (χ0n) is 17.5. The van der Waals surface area contributed by atoms with Gasteiger partial charge in [-0.25, -0.2) is 4.79 Å². The van der Waals surface area contributed by atoms with Gasteiger partial charge in [0, 0.05) is 18.8 Å². The van der Waals surface area contributed by atoms with Gasteiger partial charge in [0.25, 0.3) is 5.91 Å². The third-order valence-electron chi connectivity index (χ3n) is 5.78. The van der Waals surface area contributed by atoms with E-state index < -0.39 is 35.8 Å². The van der Waals surface area contributed by atoms with Crippen LogP contribution in [0, 0.1) is 11.8 Å². The SMILES string of the molecule is CCNC(=O)NC(=O)C(C)OC(=O)C1CCCCC1C(=O)N1CCc2ccccc21. The molecular weight excluding hydrogens is 386 g/mol. The third kappa shape index (κ3) is 4.80. The molecule has 0 saturated heterocycles. The number of ether oxygens (including phenoxy) is 1. The maximum absolute atomic E-state index is 13.3. The molecule has 0 aromatic heterocycles. The number of benzene rings is 1. The lowest BCUT2D eigenvalue weighted by atomic mass is 9.78. The van der Waals surface area contributed by atoms with Gasteiger partial charge in [0.05, 0.1) is 11.8 Å². The number of nitrogens with one attached hydrogen (secondary N) is 2. The number of urea groups is 1. The van der Waals surface area contributed by atoms with Gasteiger partial charge >= 0.3 is 12.0 Å². The topological polar surface area (TPSA) is 105 Å². The van der Waals surface area contributed by atoms with E-state index in [2.05, 4.69) is 10.6 Å².